The third kappa shape index (κ3) is 2.84. The summed E-state index contributed by atoms with van der Waals surface area (Å²) in [6, 6.07) is 0. The number of hydrogen-bond acceptors (Lipinski definition) is 3. The van der Waals surface area contributed by atoms with Crippen LogP contribution in [-0.4, -0.2) is 34.3 Å². The van der Waals surface area contributed by atoms with E-state index in [2.05, 4.69) is 0 Å². The number of rotatable bonds is 4. The lowest BCUT2D eigenvalue weighted by Gasteiger charge is -2.34. The number of carbonyl (C=O) groups is 3. The number of amides is 2. The van der Waals surface area contributed by atoms with Crippen LogP contribution in [0.1, 0.15) is 40.0 Å². The highest BCUT2D eigenvalue weighted by Crippen LogP contribution is 2.27. The molecule has 1 aliphatic rings. The largest absolute Gasteiger partial charge is 0.481 e. The van der Waals surface area contributed by atoms with Crippen molar-refractivity contribution in [1.29, 1.82) is 0 Å². The summed E-state index contributed by atoms with van der Waals surface area (Å²) in [5, 5.41) is 9.14. The minimum Gasteiger partial charge on any atom is -0.481 e. The Balaban J connectivity index is 2.83. The molecule has 1 atom stereocenters. The Bertz CT molecular complexity index is 334. The van der Waals surface area contributed by atoms with Crippen molar-refractivity contribution in [2.24, 2.45) is 11.3 Å². The number of carbonyl (C=O) groups excluding carboxylic acids is 2. The van der Waals surface area contributed by atoms with E-state index in [0.29, 0.717) is 19.3 Å². The quantitative estimate of drug-likeness (QED) is 0.752. The molecule has 0 spiro atoms. The standard InChI is InChI=1S/C12H19NO4/c1-4-12(3,11(16)17)7-13-9(14)5-8(2)6-10(13)15/h8H,4-7H2,1-3H3,(H,16,17). The maximum atomic E-state index is 11.7. The van der Waals surface area contributed by atoms with E-state index >= 15 is 0 Å². The number of imide groups is 1. The lowest BCUT2D eigenvalue weighted by molar-refractivity contribution is -0.157. The number of aliphatic carboxylic acids is 1. The van der Waals surface area contributed by atoms with Gasteiger partial charge in [-0.1, -0.05) is 13.8 Å². The van der Waals surface area contributed by atoms with Crippen LogP contribution in [0.4, 0.5) is 0 Å². The second kappa shape index (κ2) is 4.85. The molecule has 96 valence electrons. The van der Waals surface area contributed by atoms with Crippen molar-refractivity contribution in [3.63, 3.8) is 0 Å². The summed E-state index contributed by atoms with van der Waals surface area (Å²) in [7, 11) is 0. The molecule has 0 aromatic rings. The minimum absolute atomic E-state index is 0.0246. The van der Waals surface area contributed by atoms with Gasteiger partial charge in [-0.15, -0.1) is 0 Å². The summed E-state index contributed by atoms with van der Waals surface area (Å²) < 4.78 is 0. The highest BCUT2D eigenvalue weighted by Gasteiger charge is 2.39. The topological polar surface area (TPSA) is 74.7 Å². The van der Waals surface area contributed by atoms with Gasteiger partial charge in [0.25, 0.3) is 0 Å². The van der Waals surface area contributed by atoms with Crippen molar-refractivity contribution in [3.8, 4) is 0 Å². The molecule has 1 heterocycles. The molecule has 1 N–H and O–H groups in total. The molecule has 1 unspecified atom stereocenters. The summed E-state index contributed by atoms with van der Waals surface area (Å²) >= 11 is 0. The Labute approximate surface area is 101 Å². The molecule has 0 aromatic heterocycles. The van der Waals surface area contributed by atoms with Crippen LogP contribution in [0.25, 0.3) is 0 Å². The van der Waals surface area contributed by atoms with Crippen LogP contribution in [0.2, 0.25) is 0 Å². The molecular formula is C12H19NO4. The predicted molar refractivity (Wildman–Crippen MR) is 61.2 cm³/mol. The second-order valence-corrected chi connectivity index (χ2v) is 5.11. The summed E-state index contributed by atoms with van der Waals surface area (Å²) in [6.45, 7) is 5.14. The van der Waals surface area contributed by atoms with Crippen molar-refractivity contribution in [3.05, 3.63) is 0 Å². The SMILES string of the molecule is CCC(C)(CN1C(=O)CC(C)CC1=O)C(=O)O. The first-order chi connectivity index (χ1) is 7.80. The fourth-order valence-electron chi connectivity index (χ4n) is 1.88. The first-order valence-electron chi connectivity index (χ1n) is 5.86. The molecule has 1 aliphatic heterocycles. The van der Waals surface area contributed by atoms with E-state index in [1.165, 1.54) is 0 Å². The lowest BCUT2D eigenvalue weighted by Crippen LogP contribution is -2.49. The summed E-state index contributed by atoms with van der Waals surface area (Å²) in [4.78, 5) is 35.8. The van der Waals surface area contributed by atoms with E-state index in [4.69, 9.17) is 5.11 Å². The monoisotopic (exact) mass is 241 g/mol. The highest BCUT2D eigenvalue weighted by molar-refractivity contribution is 5.98. The van der Waals surface area contributed by atoms with Crippen molar-refractivity contribution in [2.75, 3.05) is 6.54 Å². The third-order valence-electron chi connectivity index (χ3n) is 3.45. The smallest absolute Gasteiger partial charge is 0.311 e. The van der Waals surface area contributed by atoms with Crippen LogP contribution in [-0.2, 0) is 14.4 Å². The Morgan fingerprint density at radius 2 is 1.88 bits per heavy atom. The number of carboxylic acids is 1. The first kappa shape index (κ1) is 13.7. The van der Waals surface area contributed by atoms with Crippen molar-refractivity contribution >= 4 is 17.8 Å². The zero-order valence-electron chi connectivity index (χ0n) is 10.5. The molecular weight excluding hydrogens is 222 g/mol. The summed E-state index contributed by atoms with van der Waals surface area (Å²) in [5.74, 6) is -1.42. The zero-order valence-corrected chi connectivity index (χ0v) is 10.5. The fraction of sp³-hybridized carbons (Fsp3) is 0.750. The number of likely N-dealkylation sites (tertiary alicyclic amines) is 1. The Morgan fingerprint density at radius 3 is 2.24 bits per heavy atom. The fourth-order valence-corrected chi connectivity index (χ4v) is 1.88. The second-order valence-electron chi connectivity index (χ2n) is 5.11. The number of carboxylic acid groups (broad SMARTS) is 1. The third-order valence-corrected chi connectivity index (χ3v) is 3.45. The maximum absolute atomic E-state index is 11.7. The van der Waals surface area contributed by atoms with E-state index in [0.717, 1.165) is 4.90 Å². The highest BCUT2D eigenvalue weighted by atomic mass is 16.4. The molecule has 1 fully saturated rings. The van der Waals surface area contributed by atoms with Gasteiger partial charge in [-0.3, -0.25) is 19.3 Å². The van der Waals surface area contributed by atoms with Gasteiger partial charge in [-0.25, -0.2) is 0 Å². The van der Waals surface area contributed by atoms with Gasteiger partial charge in [0, 0.05) is 19.4 Å². The van der Waals surface area contributed by atoms with Gasteiger partial charge < -0.3 is 5.11 Å². The van der Waals surface area contributed by atoms with Gasteiger partial charge in [0.05, 0.1) is 5.41 Å². The van der Waals surface area contributed by atoms with Crippen LogP contribution < -0.4 is 0 Å². The zero-order chi connectivity index (χ0) is 13.2. The van der Waals surface area contributed by atoms with E-state index in [1.54, 1.807) is 13.8 Å². The van der Waals surface area contributed by atoms with Crippen molar-refractivity contribution in [1.82, 2.24) is 4.90 Å². The van der Waals surface area contributed by atoms with Gasteiger partial charge in [0.2, 0.25) is 11.8 Å². The average molecular weight is 241 g/mol. The van der Waals surface area contributed by atoms with Crippen LogP contribution in [0.5, 0.6) is 0 Å². The molecule has 5 heteroatoms. The lowest BCUT2D eigenvalue weighted by atomic mass is 9.85. The Kier molecular flexibility index (Phi) is 3.91. The Hall–Kier alpha value is -1.39. The molecule has 1 saturated heterocycles. The molecule has 5 nitrogen and oxygen atoms in total. The van der Waals surface area contributed by atoms with E-state index in [-0.39, 0.29) is 24.3 Å². The van der Waals surface area contributed by atoms with Crippen LogP contribution in [0, 0.1) is 11.3 Å². The van der Waals surface area contributed by atoms with Gasteiger partial charge in [0.1, 0.15) is 0 Å². The molecule has 0 aliphatic carbocycles. The summed E-state index contributed by atoms with van der Waals surface area (Å²) in [5.41, 5.74) is -1.05. The average Bonchev–Trinajstić information content (AvgIpc) is 2.22. The van der Waals surface area contributed by atoms with Crippen LogP contribution in [0.3, 0.4) is 0 Å². The van der Waals surface area contributed by atoms with Gasteiger partial charge in [-0.05, 0) is 19.3 Å². The molecule has 0 radical (unpaired) electrons. The first-order valence-corrected chi connectivity index (χ1v) is 5.86. The normalized spacial score (nSPS) is 21.5. The van der Waals surface area contributed by atoms with Gasteiger partial charge in [-0.2, -0.15) is 0 Å². The molecule has 0 saturated carbocycles. The summed E-state index contributed by atoms with van der Waals surface area (Å²) in [6.07, 6.45) is 1.03. The van der Waals surface area contributed by atoms with Crippen molar-refractivity contribution < 1.29 is 19.5 Å². The van der Waals surface area contributed by atoms with Gasteiger partial charge in [0.15, 0.2) is 0 Å². The molecule has 1 rings (SSSR count). The van der Waals surface area contributed by atoms with E-state index in [1.807, 2.05) is 6.92 Å². The van der Waals surface area contributed by atoms with Gasteiger partial charge >= 0.3 is 5.97 Å². The van der Waals surface area contributed by atoms with Crippen molar-refractivity contribution in [2.45, 2.75) is 40.0 Å². The van der Waals surface area contributed by atoms with Crippen LogP contribution >= 0.6 is 0 Å². The number of nitrogens with zero attached hydrogens (tertiary/aromatic N) is 1. The molecule has 0 bridgehead atoms. The number of hydrogen-bond donors (Lipinski definition) is 1. The van der Waals surface area contributed by atoms with E-state index in [9.17, 15) is 14.4 Å². The molecule has 2 amide bonds. The number of piperidine rings is 1. The predicted octanol–water partition coefficient (Wildman–Crippen LogP) is 1.27. The Morgan fingerprint density at radius 1 is 1.41 bits per heavy atom. The van der Waals surface area contributed by atoms with Crippen LogP contribution in [0.15, 0.2) is 0 Å². The van der Waals surface area contributed by atoms with E-state index < -0.39 is 11.4 Å². The molecule has 0 aromatic carbocycles. The molecule has 17 heavy (non-hydrogen) atoms. The maximum Gasteiger partial charge on any atom is 0.311 e. The minimum atomic E-state index is -1.05.